The van der Waals surface area contributed by atoms with Gasteiger partial charge in [-0.05, 0) is 51.6 Å². The number of hydrogen-bond donors (Lipinski definition) is 1. The molecule has 0 saturated carbocycles. The van der Waals surface area contributed by atoms with Crippen molar-refractivity contribution in [3.8, 4) is 5.75 Å². The third kappa shape index (κ3) is 4.84. The van der Waals surface area contributed by atoms with E-state index in [1.807, 2.05) is 7.05 Å². The SMILES string of the molecule is CCCN(Cc1cc(CNC)ccc1OC)C(C)C. The molecule has 0 bridgehead atoms. The third-order valence-electron chi connectivity index (χ3n) is 3.34. The van der Waals surface area contributed by atoms with E-state index in [1.54, 1.807) is 7.11 Å². The molecule has 0 radical (unpaired) electrons. The fraction of sp³-hybridized carbons (Fsp3) is 0.625. The molecule has 3 nitrogen and oxygen atoms in total. The van der Waals surface area contributed by atoms with Crippen LogP contribution in [-0.4, -0.2) is 31.6 Å². The predicted octanol–water partition coefficient (Wildman–Crippen LogP) is 3.04. The zero-order valence-electron chi connectivity index (χ0n) is 13.0. The van der Waals surface area contributed by atoms with Crippen molar-refractivity contribution in [2.45, 2.75) is 46.3 Å². The molecule has 1 aromatic rings. The Balaban J connectivity index is 2.91. The van der Waals surface area contributed by atoms with Crippen LogP contribution in [0.2, 0.25) is 0 Å². The van der Waals surface area contributed by atoms with E-state index < -0.39 is 0 Å². The molecular formula is C16H28N2O. The molecule has 0 heterocycles. The van der Waals surface area contributed by atoms with Gasteiger partial charge in [-0.1, -0.05) is 13.0 Å². The molecule has 1 N–H and O–H groups in total. The van der Waals surface area contributed by atoms with Crippen molar-refractivity contribution < 1.29 is 4.74 Å². The molecule has 108 valence electrons. The third-order valence-corrected chi connectivity index (χ3v) is 3.34. The number of hydrogen-bond acceptors (Lipinski definition) is 3. The number of methoxy groups -OCH3 is 1. The highest BCUT2D eigenvalue weighted by Crippen LogP contribution is 2.22. The lowest BCUT2D eigenvalue weighted by molar-refractivity contribution is 0.210. The van der Waals surface area contributed by atoms with Gasteiger partial charge in [0.1, 0.15) is 5.75 Å². The van der Waals surface area contributed by atoms with Gasteiger partial charge in [0.05, 0.1) is 7.11 Å². The Hall–Kier alpha value is -1.06. The van der Waals surface area contributed by atoms with Crippen LogP contribution >= 0.6 is 0 Å². The maximum atomic E-state index is 5.49. The van der Waals surface area contributed by atoms with Gasteiger partial charge in [0.2, 0.25) is 0 Å². The molecule has 0 fully saturated rings. The van der Waals surface area contributed by atoms with Gasteiger partial charge >= 0.3 is 0 Å². The average Bonchev–Trinajstić information content (AvgIpc) is 2.39. The summed E-state index contributed by atoms with van der Waals surface area (Å²) in [5.74, 6) is 0.988. The first-order valence-electron chi connectivity index (χ1n) is 7.16. The van der Waals surface area contributed by atoms with Crippen LogP contribution in [0.25, 0.3) is 0 Å². The van der Waals surface area contributed by atoms with Crippen molar-refractivity contribution in [1.29, 1.82) is 0 Å². The summed E-state index contributed by atoms with van der Waals surface area (Å²) in [6.07, 6.45) is 1.18. The van der Waals surface area contributed by atoms with Crippen molar-refractivity contribution in [2.75, 3.05) is 20.7 Å². The Labute approximate surface area is 118 Å². The molecule has 19 heavy (non-hydrogen) atoms. The van der Waals surface area contributed by atoms with Crippen LogP contribution in [0.5, 0.6) is 5.75 Å². The summed E-state index contributed by atoms with van der Waals surface area (Å²) in [4.78, 5) is 2.49. The number of benzene rings is 1. The molecule has 1 aromatic carbocycles. The first-order chi connectivity index (χ1) is 9.12. The minimum absolute atomic E-state index is 0.553. The molecule has 0 aliphatic carbocycles. The zero-order valence-corrected chi connectivity index (χ0v) is 13.0. The van der Waals surface area contributed by atoms with Crippen LogP contribution in [0.15, 0.2) is 18.2 Å². The first-order valence-corrected chi connectivity index (χ1v) is 7.16. The molecular weight excluding hydrogens is 236 g/mol. The molecule has 0 spiro atoms. The van der Waals surface area contributed by atoms with Crippen molar-refractivity contribution >= 4 is 0 Å². The highest BCUT2D eigenvalue weighted by molar-refractivity contribution is 5.37. The van der Waals surface area contributed by atoms with E-state index in [0.29, 0.717) is 6.04 Å². The standard InChI is InChI=1S/C16H28N2O/c1-6-9-18(13(2)3)12-15-10-14(11-17-4)7-8-16(15)19-5/h7-8,10,13,17H,6,9,11-12H2,1-5H3. The maximum absolute atomic E-state index is 5.49. The molecule has 0 aliphatic rings. The Morgan fingerprint density at radius 3 is 2.58 bits per heavy atom. The summed E-state index contributed by atoms with van der Waals surface area (Å²) in [5.41, 5.74) is 2.58. The molecule has 0 atom stereocenters. The highest BCUT2D eigenvalue weighted by Gasteiger charge is 2.12. The normalized spacial score (nSPS) is 11.3. The Bertz CT molecular complexity index is 377. The second kappa shape index (κ2) is 8.18. The van der Waals surface area contributed by atoms with Gasteiger partial charge in [-0.25, -0.2) is 0 Å². The van der Waals surface area contributed by atoms with Crippen LogP contribution < -0.4 is 10.1 Å². The lowest BCUT2D eigenvalue weighted by atomic mass is 10.1. The highest BCUT2D eigenvalue weighted by atomic mass is 16.5. The van der Waals surface area contributed by atoms with Gasteiger partial charge in [-0.2, -0.15) is 0 Å². The van der Waals surface area contributed by atoms with Crippen molar-refractivity contribution in [1.82, 2.24) is 10.2 Å². The Morgan fingerprint density at radius 1 is 1.32 bits per heavy atom. The number of nitrogens with zero attached hydrogens (tertiary/aromatic N) is 1. The summed E-state index contributed by atoms with van der Waals surface area (Å²) in [5, 5.41) is 3.20. The topological polar surface area (TPSA) is 24.5 Å². The zero-order chi connectivity index (χ0) is 14.3. The van der Waals surface area contributed by atoms with Crippen LogP contribution in [0.1, 0.15) is 38.3 Å². The van der Waals surface area contributed by atoms with Gasteiger partial charge in [0, 0.05) is 24.7 Å². The van der Waals surface area contributed by atoms with E-state index in [0.717, 1.165) is 25.4 Å². The van der Waals surface area contributed by atoms with Crippen LogP contribution in [0.3, 0.4) is 0 Å². The van der Waals surface area contributed by atoms with E-state index in [4.69, 9.17) is 4.74 Å². The quantitative estimate of drug-likeness (QED) is 0.781. The summed E-state index contributed by atoms with van der Waals surface area (Å²) in [7, 11) is 3.72. The van der Waals surface area contributed by atoms with Crippen molar-refractivity contribution in [2.24, 2.45) is 0 Å². The average molecular weight is 264 g/mol. The molecule has 0 aliphatic heterocycles. The number of rotatable bonds is 8. The summed E-state index contributed by atoms with van der Waals surface area (Å²) >= 11 is 0. The van der Waals surface area contributed by atoms with E-state index in [-0.39, 0.29) is 0 Å². The minimum Gasteiger partial charge on any atom is -0.496 e. The first kappa shape index (κ1) is 16.0. The van der Waals surface area contributed by atoms with E-state index >= 15 is 0 Å². The number of nitrogens with one attached hydrogen (secondary N) is 1. The van der Waals surface area contributed by atoms with Crippen LogP contribution in [0.4, 0.5) is 0 Å². The largest absolute Gasteiger partial charge is 0.496 e. The Kier molecular flexibility index (Phi) is 6.89. The lowest BCUT2D eigenvalue weighted by Gasteiger charge is -2.27. The summed E-state index contributed by atoms with van der Waals surface area (Å²) in [6, 6.07) is 7.00. The van der Waals surface area contributed by atoms with Crippen molar-refractivity contribution in [3.05, 3.63) is 29.3 Å². The second-order valence-electron chi connectivity index (χ2n) is 5.24. The second-order valence-corrected chi connectivity index (χ2v) is 5.24. The molecule has 0 aromatic heterocycles. The van der Waals surface area contributed by atoms with E-state index in [1.165, 1.54) is 17.5 Å². The van der Waals surface area contributed by atoms with Gasteiger partial charge < -0.3 is 10.1 Å². The molecule has 0 amide bonds. The van der Waals surface area contributed by atoms with Gasteiger partial charge in [-0.15, -0.1) is 0 Å². The van der Waals surface area contributed by atoms with Gasteiger partial charge in [0.25, 0.3) is 0 Å². The fourth-order valence-corrected chi connectivity index (χ4v) is 2.30. The van der Waals surface area contributed by atoms with E-state index in [9.17, 15) is 0 Å². The summed E-state index contributed by atoms with van der Waals surface area (Å²) in [6.45, 7) is 9.69. The fourth-order valence-electron chi connectivity index (χ4n) is 2.30. The van der Waals surface area contributed by atoms with Crippen LogP contribution in [-0.2, 0) is 13.1 Å². The van der Waals surface area contributed by atoms with E-state index in [2.05, 4.69) is 49.2 Å². The number of ether oxygens (including phenoxy) is 1. The maximum Gasteiger partial charge on any atom is 0.123 e. The molecule has 0 saturated heterocycles. The Morgan fingerprint density at radius 2 is 2.05 bits per heavy atom. The minimum atomic E-state index is 0.553. The van der Waals surface area contributed by atoms with Gasteiger partial charge in [-0.3, -0.25) is 4.90 Å². The molecule has 1 rings (SSSR count). The lowest BCUT2D eigenvalue weighted by Crippen LogP contribution is -2.31. The van der Waals surface area contributed by atoms with Crippen LogP contribution in [0, 0.1) is 0 Å². The molecule has 3 heteroatoms. The summed E-state index contributed by atoms with van der Waals surface area (Å²) < 4.78 is 5.49. The van der Waals surface area contributed by atoms with Crippen molar-refractivity contribution in [3.63, 3.8) is 0 Å². The monoisotopic (exact) mass is 264 g/mol. The van der Waals surface area contributed by atoms with Gasteiger partial charge in [0.15, 0.2) is 0 Å². The molecule has 0 unspecified atom stereocenters. The predicted molar refractivity (Wildman–Crippen MR) is 81.6 cm³/mol. The smallest absolute Gasteiger partial charge is 0.123 e.